The summed E-state index contributed by atoms with van der Waals surface area (Å²) in [5, 5.41) is 8.38. The molecular formula is C19H21FN4O3. The molecule has 3 heterocycles. The SMILES string of the molecule is O=C1CCC(N2Cc3cc(CNCC(F)=C4CNC4)ccc3C2=O)C(=O)N1. The Kier molecular flexibility index (Phi) is 4.75. The second-order valence-corrected chi connectivity index (χ2v) is 7.11. The van der Waals surface area contributed by atoms with Crippen molar-refractivity contribution in [3.05, 3.63) is 46.3 Å². The number of piperidine rings is 1. The Morgan fingerprint density at radius 3 is 2.78 bits per heavy atom. The molecule has 3 N–H and O–H groups in total. The third-order valence-corrected chi connectivity index (χ3v) is 5.26. The molecule has 0 aromatic heterocycles. The average molecular weight is 372 g/mol. The van der Waals surface area contributed by atoms with E-state index < -0.39 is 11.9 Å². The van der Waals surface area contributed by atoms with Crippen LogP contribution in [0.4, 0.5) is 4.39 Å². The summed E-state index contributed by atoms with van der Waals surface area (Å²) in [6, 6.07) is 4.90. The smallest absolute Gasteiger partial charge is 0.255 e. The van der Waals surface area contributed by atoms with Crippen LogP contribution in [0.3, 0.4) is 0 Å². The van der Waals surface area contributed by atoms with Crippen LogP contribution >= 0.6 is 0 Å². The van der Waals surface area contributed by atoms with Gasteiger partial charge in [0.2, 0.25) is 11.8 Å². The van der Waals surface area contributed by atoms with E-state index in [0.717, 1.165) is 16.7 Å². The molecule has 3 aliphatic heterocycles. The summed E-state index contributed by atoms with van der Waals surface area (Å²) >= 11 is 0. The Hall–Kier alpha value is -2.58. The number of halogens is 1. The molecule has 8 heteroatoms. The van der Waals surface area contributed by atoms with E-state index in [-0.39, 0.29) is 30.6 Å². The lowest BCUT2D eigenvalue weighted by molar-refractivity contribution is -0.136. The summed E-state index contributed by atoms with van der Waals surface area (Å²) in [6.07, 6.45) is 0.587. The largest absolute Gasteiger partial charge is 0.322 e. The fraction of sp³-hybridized carbons (Fsp3) is 0.421. The number of fused-ring (bicyclic) bond motifs is 1. The third-order valence-electron chi connectivity index (χ3n) is 5.26. The molecule has 0 radical (unpaired) electrons. The van der Waals surface area contributed by atoms with Crippen molar-refractivity contribution < 1.29 is 18.8 Å². The highest BCUT2D eigenvalue weighted by atomic mass is 19.1. The number of benzene rings is 1. The number of hydrogen-bond acceptors (Lipinski definition) is 5. The molecule has 3 aliphatic rings. The number of nitrogens with one attached hydrogen (secondary N) is 3. The maximum Gasteiger partial charge on any atom is 0.255 e. The Bertz CT molecular complexity index is 845. The van der Waals surface area contributed by atoms with Gasteiger partial charge in [-0.3, -0.25) is 19.7 Å². The normalized spacial score (nSPS) is 21.8. The predicted molar refractivity (Wildman–Crippen MR) is 95.2 cm³/mol. The van der Waals surface area contributed by atoms with Gasteiger partial charge in [0.25, 0.3) is 5.91 Å². The molecule has 1 aromatic carbocycles. The van der Waals surface area contributed by atoms with Crippen molar-refractivity contribution in [2.45, 2.75) is 32.0 Å². The summed E-state index contributed by atoms with van der Waals surface area (Å²) < 4.78 is 13.8. The van der Waals surface area contributed by atoms with Gasteiger partial charge in [0.15, 0.2) is 0 Å². The van der Waals surface area contributed by atoms with Crippen LogP contribution in [-0.4, -0.2) is 48.3 Å². The van der Waals surface area contributed by atoms with Crippen LogP contribution in [0.2, 0.25) is 0 Å². The third kappa shape index (κ3) is 3.50. The van der Waals surface area contributed by atoms with E-state index in [1.54, 1.807) is 6.07 Å². The fourth-order valence-electron chi connectivity index (χ4n) is 3.62. The van der Waals surface area contributed by atoms with E-state index in [9.17, 15) is 18.8 Å². The van der Waals surface area contributed by atoms with Crippen molar-refractivity contribution in [1.29, 1.82) is 0 Å². The summed E-state index contributed by atoms with van der Waals surface area (Å²) in [6.45, 7) is 2.26. The number of nitrogens with zero attached hydrogens (tertiary/aromatic N) is 1. The van der Waals surface area contributed by atoms with Crippen molar-refractivity contribution >= 4 is 17.7 Å². The molecule has 142 valence electrons. The van der Waals surface area contributed by atoms with Crippen molar-refractivity contribution in [2.24, 2.45) is 0 Å². The van der Waals surface area contributed by atoms with E-state index in [1.165, 1.54) is 4.90 Å². The van der Waals surface area contributed by atoms with Gasteiger partial charge in [0.05, 0.1) is 0 Å². The molecule has 3 amide bonds. The van der Waals surface area contributed by atoms with Crippen LogP contribution < -0.4 is 16.0 Å². The first kappa shape index (κ1) is 17.8. The van der Waals surface area contributed by atoms with Crippen LogP contribution in [0.15, 0.2) is 29.6 Å². The predicted octanol–water partition coefficient (Wildman–Crippen LogP) is 0.364. The molecule has 1 unspecified atom stereocenters. The minimum absolute atomic E-state index is 0.117. The number of rotatable bonds is 5. The first-order valence-corrected chi connectivity index (χ1v) is 9.07. The lowest BCUT2D eigenvalue weighted by Gasteiger charge is -2.29. The van der Waals surface area contributed by atoms with Gasteiger partial charge in [0.1, 0.15) is 11.9 Å². The molecular weight excluding hydrogens is 351 g/mol. The Labute approximate surface area is 156 Å². The molecule has 1 atom stereocenters. The van der Waals surface area contributed by atoms with E-state index >= 15 is 0 Å². The van der Waals surface area contributed by atoms with Crippen molar-refractivity contribution in [3.63, 3.8) is 0 Å². The highest BCUT2D eigenvalue weighted by Crippen LogP contribution is 2.28. The lowest BCUT2D eigenvalue weighted by atomic mass is 10.0. The van der Waals surface area contributed by atoms with Gasteiger partial charge in [-0.25, -0.2) is 4.39 Å². The van der Waals surface area contributed by atoms with Gasteiger partial charge >= 0.3 is 0 Å². The van der Waals surface area contributed by atoms with Crippen LogP contribution in [0.5, 0.6) is 0 Å². The zero-order valence-corrected chi connectivity index (χ0v) is 14.8. The number of amides is 3. The van der Waals surface area contributed by atoms with Gasteiger partial charge in [-0.2, -0.15) is 0 Å². The molecule has 0 bridgehead atoms. The van der Waals surface area contributed by atoms with Crippen LogP contribution in [0.1, 0.15) is 34.3 Å². The first-order valence-electron chi connectivity index (χ1n) is 9.07. The second kappa shape index (κ2) is 7.21. The van der Waals surface area contributed by atoms with Gasteiger partial charge in [-0.1, -0.05) is 12.1 Å². The minimum Gasteiger partial charge on any atom is -0.322 e. The quantitative estimate of drug-likeness (QED) is 0.650. The fourth-order valence-corrected chi connectivity index (χ4v) is 3.62. The molecule has 7 nitrogen and oxygen atoms in total. The van der Waals surface area contributed by atoms with Gasteiger partial charge < -0.3 is 15.5 Å². The van der Waals surface area contributed by atoms with Crippen molar-refractivity contribution in [3.8, 4) is 0 Å². The van der Waals surface area contributed by atoms with Crippen LogP contribution in [-0.2, 0) is 22.7 Å². The highest BCUT2D eigenvalue weighted by molar-refractivity contribution is 6.05. The number of carbonyl (C=O) groups is 3. The van der Waals surface area contributed by atoms with Crippen molar-refractivity contribution in [2.75, 3.05) is 19.6 Å². The monoisotopic (exact) mass is 372 g/mol. The van der Waals surface area contributed by atoms with Gasteiger partial charge in [-0.05, 0) is 29.2 Å². The lowest BCUT2D eigenvalue weighted by Crippen LogP contribution is -2.52. The summed E-state index contributed by atoms with van der Waals surface area (Å²) in [5.41, 5.74) is 3.20. The Balaban J connectivity index is 1.40. The number of carbonyl (C=O) groups excluding carboxylic acids is 3. The molecule has 1 aromatic rings. The molecule has 4 rings (SSSR count). The molecule has 0 saturated carbocycles. The topological polar surface area (TPSA) is 90.5 Å². The van der Waals surface area contributed by atoms with E-state index in [2.05, 4.69) is 16.0 Å². The maximum absolute atomic E-state index is 13.8. The number of hydrogen-bond donors (Lipinski definition) is 3. The minimum atomic E-state index is -0.610. The summed E-state index contributed by atoms with van der Waals surface area (Å²) in [7, 11) is 0. The maximum atomic E-state index is 13.8. The van der Waals surface area contributed by atoms with Crippen molar-refractivity contribution in [1.82, 2.24) is 20.9 Å². The summed E-state index contributed by atoms with van der Waals surface area (Å²) in [4.78, 5) is 37.5. The summed E-state index contributed by atoms with van der Waals surface area (Å²) in [5.74, 6) is -1.02. The standard InChI is InChI=1S/C19H21FN4O3/c20-15(13-7-22-8-13)9-21-6-11-1-2-14-12(5-11)10-24(19(14)27)16-3-4-17(25)23-18(16)26/h1-2,5,16,21-22H,3-4,6-10H2,(H,23,25,26). The second-order valence-electron chi connectivity index (χ2n) is 7.11. The molecule has 0 spiro atoms. The Morgan fingerprint density at radius 1 is 1.26 bits per heavy atom. The van der Waals surface area contributed by atoms with Gasteiger partial charge in [0, 0.05) is 44.7 Å². The average Bonchev–Trinajstić information content (AvgIpc) is 2.89. The molecule has 2 saturated heterocycles. The van der Waals surface area contributed by atoms with Crippen LogP contribution in [0, 0.1) is 0 Å². The van der Waals surface area contributed by atoms with Crippen LogP contribution in [0.25, 0.3) is 0 Å². The zero-order valence-electron chi connectivity index (χ0n) is 14.8. The highest BCUT2D eigenvalue weighted by Gasteiger charge is 2.38. The number of imide groups is 1. The van der Waals surface area contributed by atoms with E-state index in [1.807, 2.05) is 12.1 Å². The Morgan fingerprint density at radius 2 is 2.07 bits per heavy atom. The molecule has 0 aliphatic carbocycles. The zero-order chi connectivity index (χ0) is 19.0. The van der Waals surface area contributed by atoms with E-state index in [4.69, 9.17) is 0 Å². The van der Waals surface area contributed by atoms with E-state index in [0.29, 0.717) is 38.2 Å². The molecule has 2 fully saturated rings. The van der Waals surface area contributed by atoms with Gasteiger partial charge in [-0.15, -0.1) is 0 Å². The molecule has 27 heavy (non-hydrogen) atoms. The first-order chi connectivity index (χ1) is 13.0.